The number of nitrogens with one attached hydrogen (secondary N) is 3. The lowest BCUT2D eigenvalue weighted by molar-refractivity contribution is -0.121. The van der Waals surface area contributed by atoms with Gasteiger partial charge in [0.15, 0.2) is 5.82 Å². The molecule has 0 spiro atoms. The molecule has 3 rings (SSSR count). The van der Waals surface area contributed by atoms with Crippen LogP contribution < -0.4 is 16.0 Å². The van der Waals surface area contributed by atoms with E-state index in [0.29, 0.717) is 28.9 Å². The predicted octanol–water partition coefficient (Wildman–Crippen LogP) is 2.35. The van der Waals surface area contributed by atoms with Gasteiger partial charge in [0.1, 0.15) is 11.6 Å². The summed E-state index contributed by atoms with van der Waals surface area (Å²) in [5.41, 5.74) is 1.65. The summed E-state index contributed by atoms with van der Waals surface area (Å²) < 4.78 is 1.50. The van der Waals surface area contributed by atoms with Crippen LogP contribution in [0.4, 0.5) is 17.5 Å². The summed E-state index contributed by atoms with van der Waals surface area (Å²) in [5, 5.41) is 22.8. The molecule has 1 amide bonds. The van der Waals surface area contributed by atoms with Crippen LogP contribution in [0.1, 0.15) is 18.0 Å². The normalized spacial score (nSPS) is 11.7. The molecule has 1 atom stereocenters. The first-order chi connectivity index (χ1) is 14.1. The molecule has 2 heterocycles. The SMILES string of the molecule is CNC(=O)Cn1cc(Nc2ncc(Cl)c(N[C@H](CCO)c3ccccc3)n2)cn1. The quantitative estimate of drug-likeness (QED) is 0.423. The van der Waals surface area contributed by atoms with Gasteiger partial charge in [0, 0.05) is 19.9 Å². The van der Waals surface area contributed by atoms with Crippen LogP contribution in [0, 0.1) is 0 Å². The molecule has 0 radical (unpaired) electrons. The van der Waals surface area contributed by atoms with Gasteiger partial charge >= 0.3 is 0 Å². The van der Waals surface area contributed by atoms with Crippen LogP contribution in [0.2, 0.25) is 5.02 Å². The van der Waals surface area contributed by atoms with Gasteiger partial charge in [0.25, 0.3) is 0 Å². The molecule has 1 aromatic carbocycles. The van der Waals surface area contributed by atoms with Crippen molar-refractivity contribution < 1.29 is 9.90 Å². The van der Waals surface area contributed by atoms with Crippen molar-refractivity contribution in [3.63, 3.8) is 0 Å². The van der Waals surface area contributed by atoms with Gasteiger partial charge in [-0.15, -0.1) is 0 Å². The highest BCUT2D eigenvalue weighted by Crippen LogP contribution is 2.27. The molecule has 0 bridgehead atoms. The van der Waals surface area contributed by atoms with E-state index < -0.39 is 0 Å². The van der Waals surface area contributed by atoms with Crippen molar-refractivity contribution >= 4 is 35.0 Å². The summed E-state index contributed by atoms with van der Waals surface area (Å²) in [4.78, 5) is 20.1. The van der Waals surface area contributed by atoms with Crippen LogP contribution in [0.25, 0.3) is 0 Å². The molecule has 152 valence electrons. The Kier molecular flexibility index (Phi) is 6.99. The van der Waals surface area contributed by atoms with Crippen molar-refractivity contribution in [2.24, 2.45) is 0 Å². The molecule has 3 aromatic rings. The van der Waals surface area contributed by atoms with Crippen LogP contribution in [0.5, 0.6) is 0 Å². The highest BCUT2D eigenvalue weighted by molar-refractivity contribution is 6.32. The predicted molar refractivity (Wildman–Crippen MR) is 111 cm³/mol. The monoisotopic (exact) mass is 415 g/mol. The van der Waals surface area contributed by atoms with E-state index in [1.165, 1.54) is 10.9 Å². The highest BCUT2D eigenvalue weighted by Gasteiger charge is 2.15. The second kappa shape index (κ2) is 9.85. The molecule has 0 aliphatic carbocycles. The lowest BCUT2D eigenvalue weighted by atomic mass is 10.0. The Morgan fingerprint density at radius 2 is 2.07 bits per heavy atom. The third-order valence-electron chi connectivity index (χ3n) is 4.15. The molecule has 0 saturated heterocycles. The Hall–Kier alpha value is -3.17. The molecule has 29 heavy (non-hydrogen) atoms. The number of aromatic nitrogens is 4. The Balaban J connectivity index is 1.74. The van der Waals surface area contributed by atoms with Gasteiger partial charge in [-0.3, -0.25) is 9.48 Å². The largest absolute Gasteiger partial charge is 0.396 e. The van der Waals surface area contributed by atoms with Crippen molar-refractivity contribution in [1.29, 1.82) is 0 Å². The minimum Gasteiger partial charge on any atom is -0.396 e. The lowest BCUT2D eigenvalue weighted by Gasteiger charge is -2.20. The van der Waals surface area contributed by atoms with E-state index in [4.69, 9.17) is 11.6 Å². The summed E-state index contributed by atoms with van der Waals surface area (Å²) in [7, 11) is 1.57. The fraction of sp³-hybridized carbons (Fsp3) is 0.263. The fourth-order valence-electron chi connectivity index (χ4n) is 2.70. The number of hydrogen-bond donors (Lipinski definition) is 4. The second-order valence-corrected chi connectivity index (χ2v) is 6.64. The summed E-state index contributed by atoms with van der Waals surface area (Å²) in [6.07, 6.45) is 5.25. The molecule has 10 heteroatoms. The molecule has 0 fully saturated rings. The number of hydrogen-bond acceptors (Lipinski definition) is 7. The number of anilines is 3. The first-order valence-electron chi connectivity index (χ1n) is 9.04. The minimum absolute atomic E-state index is 0.0187. The summed E-state index contributed by atoms with van der Waals surface area (Å²) in [6.45, 7) is 0.136. The van der Waals surface area contributed by atoms with Crippen LogP contribution in [0.3, 0.4) is 0 Å². The second-order valence-electron chi connectivity index (χ2n) is 6.23. The van der Waals surface area contributed by atoms with E-state index in [0.717, 1.165) is 5.56 Å². The molecule has 0 unspecified atom stereocenters. The van der Waals surface area contributed by atoms with Crippen molar-refractivity contribution in [2.45, 2.75) is 19.0 Å². The number of carbonyl (C=O) groups excluding carboxylic acids is 1. The van der Waals surface area contributed by atoms with Crippen molar-refractivity contribution in [2.75, 3.05) is 24.3 Å². The van der Waals surface area contributed by atoms with Crippen LogP contribution in [-0.4, -0.2) is 44.4 Å². The zero-order valence-corrected chi connectivity index (χ0v) is 16.6. The average Bonchev–Trinajstić information content (AvgIpc) is 3.17. The van der Waals surface area contributed by atoms with Crippen molar-refractivity contribution in [3.8, 4) is 0 Å². The summed E-state index contributed by atoms with van der Waals surface area (Å²) >= 11 is 6.27. The molecule has 9 nitrogen and oxygen atoms in total. The first kappa shape index (κ1) is 20.6. The highest BCUT2D eigenvalue weighted by atomic mass is 35.5. The van der Waals surface area contributed by atoms with Gasteiger partial charge in [-0.1, -0.05) is 41.9 Å². The number of likely N-dealkylation sites (N-methyl/N-ethyl adjacent to an activating group) is 1. The van der Waals surface area contributed by atoms with Crippen LogP contribution in [-0.2, 0) is 11.3 Å². The lowest BCUT2D eigenvalue weighted by Crippen LogP contribution is -2.23. The number of rotatable bonds is 9. The van der Waals surface area contributed by atoms with E-state index in [1.807, 2.05) is 30.3 Å². The fourth-order valence-corrected chi connectivity index (χ4v) is 2.85. The number of carbonyl (C=O) groups is 1. The smallest absolute Gasteiger partial charge is 0.241 e. The van der Waals surface area contributed by atoms with Crippen LogP contribution in [0.15, 0.2) is 48.9 Å². The number of benzene rings is 1. The molecular weight excluding hydrogens is 394 g/mol. The molecule has 4 N–H and O–H groups in total. The Bertz CT molecular complexity index is 949. The topological polar surface area (TPSA) is 117 Å². The van der Waals surface area contributed by atoms with E-state index >= 15 is 0 Å². The molecule has 0 aliphatic rings. The molecule has 2 aromatic heterocycles. The van der Waals surface area contributed by atoms with Gasteiger partial charge in [-0.25, -0.2) is 4.98 Å². The maximum Gasteiger partial charge on any atom is 0.241 e. The van der Waals surface area contributed by atoms with E-state index in [2.05, 4.69) is 31.0 Å². The summed E-state index contributed by atoms with van der Waals surface area (Å²) in [5.74, 6) is 0.626. The number of aliphatic hydroxyl groups is 1. The number of halogens is 1. The summed E-state index contributed by atoms with van der Waals surface area (Å²) in [6, 6.07) is 9.60. The number of aliphatic hydroxyl groups excluding tert-OH is 1. The van der Waals surface area contributed by atoms with E-state index in [9.17, 15) is 9.90 Å². The van der Waals surface area contributed by atoms with Crippen LogP contribution >= 0.6 is 11.6 Å². The molecule has 0 aliphatic heterocycles. The molecule has 0 saturated carbocycles. The minimum atomic E-state index is -0.156. The zero-order valence-electron chi connectivity index (χ0n) is 15.8. The van der Waals surface area contributed by atoms with E-state index in [1.54, 1.807) is 19.4 Å². The Morgan fingerprint density at radius 3 is 2.79 bits per heavy atom. The van der Waals surface area contributed by atoms with Gasteiger partial charge in [0.2, 0.25) is 11.9 Å². The average molecular weight is 416 g/mol. The van der Waals surface area contributed by atoms with Gasteiger partial charge in [0.05, 0.1) is 24.1 Å². The van der Waals surface area contributed by atoms with Crippen molar-refractivity contribution in [1.82, 2.24) is 25.1 Å². The third-order valence-corrected chi connectivity index (χ3v) is 4.43. The first-order valence-corrected chi connectivity index (χ1v) is 9.41. The Labute approximate surface area is 173 Å². The standard InChI is InChI=1S/C19H22ClN7O2/c1-21-17(29)12-27-11-14(9-23-27)24-19-22-10-15(20)18(26-19)25-16(7-8-28)13-5-3-2-4-6-13/h2-6,9-11,16,28H,7-8,12H2,1H3,(H,21,29)(H2,22,24,25,26)/t16-/m1/s1. The van der Waals surface area contributed by atoms with Gasteiger partial charge < -0.3 is 21.1 Å². The maximum absolute atomic E-state index is 11.4. The van der Waals surface area contributed by atoms with Gasteiger partial charge in [-0.05, 0) is 12.0 Å². The van der Waals surface area contributed by atoms with Crippen molar-refractivity contribution in [3.05, 3.63) is 59.5 Å². The molecular formula is C19H22ClN7O2. The zero-order chi connectivity index (χ0) is 20.6. The van der Waals surface area contributed by atoms with E-state index in [-0.39, 0.29) is 25.1 Å². The third kappa shape index (κ3) is 5.66. The van der Waals surface area contributed by atoms with Gasteiger partial charge in [-0.2, -0.15) is 10.1 Å². The number of amides is 1. The maximum atomic E-state index is 11.4. The number of nitrogens with zero attached hydrogens (tertiary/aromatic N) is 4. The Morgan fingerprint density at radius 1 is 1.28 bits per heavy atom.